The van der Waals surface area contributed by atoms with Crippen molar-refractivity contribution in [2.45, 2.75) is 31.3 Å². The number of hydrogen-bond acceptors (Lipinski definition) is 3. The minimum atomic E-state index is -4.66. The maximum atomic E-state index is 12.7. The van der Waals surface area contributed by atoms with Crippen LogP contribution in [0.1, 0.15) is 25.8 Å². The molecular formula is C12H16F3NO2S. The van der Waals surface area contributed by atoms with Crippen LogP contribution in [0.5, 0.6) is 0 Å². The van der Waals surface area contributed by atoms with Crippen molar-refractivity contribution in [2.24, 2.45) is 5.92 Å². The molecule has 1 aromatic carbocycles. The highest BCUT2D eigenvalue weighted by Gasteiger charge is 2.34. The summed E-state index contributed by atoms with van der Waals surface area (Å²) in [4.78, 5) is -0.338. The molecule has 0 radical (unpaired) electrons. The molecular weight excluding hydrogens is 279 g/mol. The average Bonchev–Trinajstić information content (AvgIpc) is 2.25. The van der Waals surface area contributed by atoms with Crippen molar-refractivity contribution < 1.29 is 21.6 Å². The lowest BCUT2D eigenvalue weighted by Crippen LogP contribution is -2.13. The highest BCUT2D eigenvalue weighted by Crippen LogP contribution is 2.35. The first-order valence-electron chi connectivity index (χ1n) is 5.73. The van der Waals surface area contributed by atoms with Gasteiger partial charge >= 0.3 is 6.18 Å². The number of benzene rings is 1. The van der Waals surface area contributed by atoms with Crippen LogP contribution in [0.3, 0.4) is 0 Å². The molecule has 0 fully saturated rings. The van der Waals surface area contributed by atoms with Crippen LogP contribution < -0.4 is 5.73 Å². The third kappa shape index (κ3) is 4.12. The summed E-state index contributed by atoms with van der Waals surface area (Å²) in [6.45, 7) is 3.69. The summed E-state index contributed by atoms with van der Waals surface area (Å²) in [6.07, 6.45) is -4.26. The Morgan fingerprint density at radius 2 is 1.84 bits per heavy atom. The number of hydrogen-bond donors (Lipinski definition) is 1. The standard InChI is InChI=1S/C12H16F3NO2S/c1-8(2)5-6-19(17,18)9-3-4-11(16)10(7-9)12(13,14)15/h3-4,7-8H,5-6,16H2,1-2H3. The predicted molar refractivity (Wildman–Crippen MR) is 67.4 cm³/mol. The summed E-state index contributed by atoms with van der Waals surface area (Å²) < 4.78 is 61.8. The number of rotatable bonds is 4. The second kappa shape index (κ2) is 5.40. The van der Waals surface area contributed by atoms with Crippen LogP contribution in [0.25, 0.3) is 0 Å². The molecule has 108 valence electrons. The normalized spacial score (nSPS) is 12.9. The van der Waals surface area contributed by atoms with E-state index in [2.05, 4.69) is 0 Å². The highest BCUT2D eigenvalue weighted by molar-refractivity contribution is 7.91. The quantitative estimate of drug-likeness (QED) is 0.868. The van der Waals surface area contributed by atoms with Crippen molar-refractivity contribution >= 4 is 15.5 Å². The number of alkyl halides is 3. The Bertz CT molecular complexity index is 551. The van der Waals surface area contributed by atoms with E-state index in [1.807, 2.05) is 13.8 Å². The molecule has 0 saturated carbocycles. The Balaban J connectivity index is 3.16. The molecule has 1 aromatic rings. The summed E-state index contributed by atoms with van der Waals surface area (Å²) in [7, 11) is -3.71. The Labute approximate surface area is 110 Å². The summed E-state index contributed by atoms with van der Waals surface area (Å²) >= 11 is 0. The van der Waals surface area contributed by atoms with Gasteiger partial charge in [0.1, 0.15) is 0 Å². The van der Waals surface area contributed by atoms with Crippen LogP contribution in [-0.2, 0) is 16.0 Å². The van der Waals surface area contributed by atoms with E-state index in [9.17, 15) is 21.6 Å². The molecule has 2 N–H and O–H groups in total. The molecule has 0 heterocycles. The molecule has 3 nitrogen and oxygen atoms in total. The van der Waals surface area contributed by atoms with Gasteiger partial charge in [0.25, 0.3) is 0 Å². The van der Waals surface area contributed by atoms with Gasteiger partial charge < -0.3 is 5.73 Å². The van der Waals surface area contributed by atoms with Crippen LogP contribution >= 0.6 is 0 Å². The topological polar surface area (TPSA) is 60.2 Å². The fourth-order valence-corrected chi connectivity index (χ4v) is 3.07. The second-order valence-electron chi connectivity index (χ2n) is 4.75. The number of nitrogens with two attached hydrogens (primary N) is 1. The summed E-state index contributed by atoms with van der Waals surface area (Å²) in [5, 5.41) is 0. The molecule has 0 aliphatic heterocycles. The third-order valence-corrected chi connectivity index (χ3v) is 4.40. The molecule has 0 atom stereocenters. The predicted octanol–water partition coefficient (Wildman–Crippen LogP) is 3.11. The average molecular weight is 295 g/mol. The van der Waals surface area contributed by atoms with E-state index in [1.54, 1.807) is 0 Å². The third-order valence-electron chi connectivity index (χ3n) is 2.65. The first-order chi connectivity index (χ1) is 8.54. The van der Waals surface area contributed by atoms with E-state index in [0.29, 0.717) is 12.5 Å². The Hall–Kier alpha value is -1.24. The van der Waals surface area contributed by atoms with Gasteiger partial charge in [-0.05, 0) is 30.5 Å². The van der Waals surface area contributed by atoms with E-state index in [-0.39, 0.29) is 16.6 Å². The summed E-state index contributed by atoms with van der Waals surface area (Å²) in [6, 6.07) is 2.69. The Kier molecular flexibility index (Phi) is 4.50. The van der Waals surface area contributed by atoms with E-state index < -0.39 is 27.3 Å². The Morgan fingerprint density at radius 1 is 1.26 bits per heavy atom. The molecule has 0 amide bonds. The minimum Gasteiger partial charge on any atom is -0.398 e. The second-order valence-corrected chi connectivity index (χ2v) is 6.86. The van der Waals surface area contributed by atoms with Crippen LogP contribution in [0.4, 0.5) is 18.9 Å². The molecule has 0 aromatic heterocycles. The van der Waals surface area contributed by atoms with Gasteiger partial charge in [-0.3, -0.25) is 0 Å². The lowest BCUT2D eigenvalue weighted by atomic mass is 10.2. The smallest absolute Gasteiger partial charge is 0.398 e. The maximum absolute atomic E-state index is 12.7. The van der Waals surface area contributed by atoms with Gasteiger partial charge in [0.05, 0.1) is 16.2 Å². The van der Waals surface area contributed by atoms with Crippen molar-refractivity contribution in [3.05, 3.63) is 23.8 Å². The fourth-order valence-electron chi connectivity index (χ4n) is 1.48. The van der Waals surface area contributed by atoms with Crippen molar-refractivity contribution in [1.82, 2.24) is 0 Å². The van der Waals surface area contributed by atoms with E-state index >= 15 is 0 Å². The first-order valence-corrected chi connectivity index (χ1v) is 7.39. The molecule has 0 aliphatic rings. The van der Waals surface area contributed by atoms with Crippen molar-refractivity contribution in [3.8, 4) is 0 Å². The molecule has 0 saturated heterocycles. The lowest BCUT2D eigenvalue weighted by molar-refractivity contribution is -0.137. The summed E-state index contributed by atoms with van der Waals surface area (Å²) in [5.74, 6) is -0.0167. The zero-order valence-corrected chi connectivity index (χ0v) is 11.5. The number of nitrogen functional groups attached to an aromatic ring is 1. The van der Waals surface area contributed by atoms with E-state index in [4.69, 9.17) is 5.73 Å². The molecule has 19 heavy (non-hydrogen) atoms. The van der Waals surface area contributed by atoms with E-state index in [0.717, 1.165) is 12.1 Å². The lowest BCUT2D eigenvalue weighted by Gasteiger charge is -2.12. The number of anilines is 1. The maximum Gasteiger partial charge on any atom is 0.418 e. The largest absolute Gasteiger partial charge is 0.418 e. The Morgan fingerprint density at radius 3 is 2.32 bits per heavy atom. The SMILES string of the molecule is CC(C)CCS(=O)(=O)c1ccc(N)c(C(F)(F)F)c1. The van der Waals surface area contributed by atoms with Gasteiger partial charge in [-0.15, -0.1) is 0 Å². The van der Waals surface area contributed by atoms with Gasteiger partial charge in [-0.25, -0.2) is 8.42 Å². The van der Waals surface area contributed by atoms with E-state index in [1.165, 1.54) is 0 Å². The minimum absolute atomic E-state index is 0.158. The van der Waals surface area contributed by atoms with Crippen LogP contribution in [0.15, 0.2) is 23.1 Å². The molecule has 0 aliphatic carbocycles. The van der Waals surface area contributed by atoms with Crippen LogP contribution in [0, 0.1) is 5.92 Å². The monoisotopic (exact) mass is 295 g/mol. The van der Waals surface area contributed by atoms with Crippen molar-refractivity contribution in [3.63, 3.8) is 0 Å². The van der Waals surface area contributed by atoms with Gasteiger partial charge in [-0.1, -0.05) is 13.8 Å². The molecule has 0 spiro atoms. The fraction of sp³-hybridized carbons (Fsp3) is 0.500. The van der Waals surface area contributed by atoms with Crippen molar-refractivity contribution in [1.29, 1.82) is 0 Å². The van der Waals surface area contributed by atoms with Crippen LogP contribution in [0.2, 0.25) is 0 Å². The summed E-state index contributed by atoms with van der Waals surface area (Å²) in [5.41, 5.74) is 3.64. The molecule has 1 rings (SSSR count). The first kappa shape index (κ1) is 15.8. The molecule has 0 bridgehead atoms. The zero-order valence-electron chi connectivity index (χ0n) is 10.7. The zero-order chi connectivity index (χ0) is 14.8. The van der Waals surface area contributed by atoms with Gasteiger partial charge in [0.2, 0.25) is 0 Å². The highest BCUT2D eigenvalue weighted by atomic mass is 32.2. The molecule has 0 unspecified atom stereocenters. The van der Waals surface area contributed by atoms with Gasteiger partial charge in [0.15, 0.2) is 9.84 Å². The van der Waals surface area contributed by atoms with Gasteiger partial charge in [0, 0.05) is 5.69 Å². The van der Waals surface area contributed by atoms with Crippen LogP contribution in [-0.4, -0.2) is 14.2 Å². The number of sulfone groups is 1. The molecule has 7 heteroatoms. The number of halogens is 3. The van der Waals surface area contributed by atoms with Crippen molar-refractivity contribution in [2.75, 3.05) is 11.5 Å². The van der Waals surface area contributed by atoms with Gasteiger partial charge in [-0.2, -0.15) is 13.2 Å².